The van der Waals surface area contributed by atoms with E-state index >= 15 is 0 Å². The van der Waals surface area contributed by atoms with E-state index in [0.717, 1.165) is 6.42 Å². The molecule has 1 aromatic carbocycles. The lowest BCUT2D eigenvalue weighted by Crippen LogP contribution is -1.93. The third-order valence-electron chi connectivity index (χ3n) is 2.48. The van der Waals surface area contributed by atoms with Gasteiger partial charge >= 0.3 is 0 Å². The van der Waals surface area contributed by atoms with Crippen molar-refractivity contribution in [2.24, 2.45) is 5.92 Å². The number of hydrogen-bond donors (Lipinski definition) is 0. The highest BCUT2D eigenvalue weighted by molar-refractivity contribution is 5.95. The van der Waals surface area contributed by atoms with Crippen LogP contribution in [-0.2, 0) is 4.79 Å². The summed E-state index contributed by atoms with van der Waals surface area (Å²) in [5, 5.41) is 0. The maximum atomic E-state index is 9.89. The van der Waals surface area contributed by atoms with E-state index in [1.54, 1.807) is 21.3 Å². The van der Waals surface area contributed by atoms with E-state index in [1.165, 1.54) is 0 Å². The van der Waals surface area contributed by atoms with Crippen LogP contribution in [0.4, 0.5) is 0 Å². The second-order valence-corrected chi connectivity index (χ2v) is 3.77. The minimum absolute atomic E-state index is 0.412. The molecule has 0 N–H and O–H groups in total. The van der Waals surface area contributed by atoms with Gasteiger partial charge in [0.2, 0.25) is 5.75 Å². The number of para-hydroxylation sites is 1. The average Bonchev–Trinajstić information content (AvgIpc) is 3.01. The lowest BCUT2D eigenvalue weighted by atomic mass is 10.3. The number of benzene rings is 1. The number of ether oxygens (including phenoxy) is 3. The molecule has 1 aliphatic rings. The first-order valence-electron chi connectivity index (χ1n) is 5.41. The van der Waals surface area contributed by atoms with Crippen LogP contribution in [0.3, 0.4) is 0 Å². The molecular weight excluding hydrogens is 220 g/mol. The van der Waals surface area contributed by atoms with Gasteiger partial charge in [-0.05, 0) is 12.1 Å². The number of hydrogen-bond acceptors (Lipinski definition) is 4. The van der Waals surface area contributed by atoms with Gasteiger partial charge < -0.3 is 14.2 Å². The predicted molar refractivity (Wildman–Crippen MR) is 64.9 cm³/mol. The third-order valence-corrected chi connectivity index (χ3v) is 2.48. The van der Waals surface area contributed by atoms with Crippen LogP contribution in [0.25, 0.3) is 0 Å². The molecule has 1 unspecified atom stereocenters. The van der Waals surface area contributed by atoms with Crippen molar-refractivity contribution in [3.8, 4) is 17.2 Å². The molecule has 1 aliphatic carbocycles. The van der Waals surface area contributed by atoms with Crippen LogP contribution in [0, 0.1) is 5.92 Å². The van der Waals surface area contributed by atoms with Gasteiger partial charge in [-0.3, -0.25) is 4.79 Å². The standard InChI is InChI=1S/C9H12O3.C4H6O/c1-10-7-5-4-6-8(11-2)9(7)12-3;1-3-2-4(3)5/h4-6H,1-3H3;3H,2H2,1H3. The molecule has 94 valence electrons. The fourth-order valence-corrected chi connectivity index (χ4v) is 1.26. The summed E-state index contributed by atoms with van der Waals surface area (Å²) < 4.78 is 15.3. The topological polar surface area (TPSA) is 44.8 Å². The summed E-state index contributed by atoms with van der Waals surface area (Å²) in [6.45, 7) is 1.95. The molecular formula is C13H18O4. The zero-order valence-corrected chi connectivity index (χ0v) is 10.6. The molecule has 0 amide bonds. The van der Waals surface area contributed by atoms with Crippen LogP contribution in [0.1, 0.15) is 13.3 Å². The smallest absolute Gasteiger partial charge is 0.203 e. The maximum Gasteiger partial charge on any atom is 0.203 e. The number of carbonyl (C=O) groups excluding carboxylic acids is 1. The van der Waals surface area contributed by atoms with Crippen LogP contribution < -0.4 is 14.2 Å². The number of methoxy groups -OCH3 is 3. The molecule has 1 fully saturated rings. The molecule has 17 heavy (non-hydrogen) atoms. The highest BCUT2D eigenvalue weighted by Crippen LogP contribution is 2.35. The molecule has 0 bridgehead atoms. The first-order chi connectivity index (χ1) is 8.13. The number of carbonyl (C=O) groups is 1. The zero-order chi connectivity index (χ0) is 12.8. The monoisotopic (exact) mass is 238 g/mol. The summed E-state index contributed by atoms with van der Waals surface area (Å²) in [6.07, 6.45) is 0.833. The minimum atomic E-state index is 0.412. The summed E-state index contributed by atoms with van der Waals surface area (Å²) in [6, 6.07) is 5.49. The average molecular weight is 238 g/mol. The first-order valence-corrected chi connectivity index (χ1v) is 5.41. The Kier molecular flexibility index (Phi) is 4.82. The highest BCUT2D eigenvalue weighted by atomic mass is 16.5. The van der Waals surface area contributed by atoms with Gasteiger partial charge in [0, 0.05) is 12.3 Å². The molecule has 0 saturated heterocycles. The van der Waals surface area contributed by atoms with Gasteiger partial charge in [0.25, 0.3) is 0 Å². The van der Waals surface area contributed by atoms with Crippen LogP contribution in [0.5, 0.6) is 17.2 Å². The summed E-state index contributed by atoms with van der Waals surface area (Å²) in [5.74, 6) is 2.82. The van der Waals surface area contributed by atoms with Gasteiger partial charge in [-0.15, -0.1) is 0 Å². The van der Waals surface area contributed by atoms with E-state index in [0.29, 0.717) is 28.9 Å². The molecule has 1 atom stereocenters. The Labute approximate surface area is 101 Å². The number of rotatable bonds is 3. The van der Waals surface area contributed by atoms with Gasteiger partial charge in [0.05, 0.1) is 21.3 Å². The van der Waals surface area contributed by atoms with E-state index in [1.807, 2.05) is 25.1 Å². The Balaban J connectivity index is 0.000000239. The van der Waals surface area contributed by atoms with E-state index in [4.69, 9.17) is 14.2 Å². The van der Waals surface area contributed by atoms with Crippen LogP contribution >= 0.6 is 0 Å². The Hall–Kier alpha value is -1.71. The van der Waals surface area contributed by atoms with E-state index in [-0.39, 0.29) is 0 Å². The lowest BCUT2D eigenvalue weighted by Gasteiger charge is -2.10. The van der Waals surface area contributed by atoms with Gasteiger partial charge in [-0.1, -0.05) is 13.0 Å². The summed E-state index contributed by atoms with van der Waals surface area (Å²) in [7, 11) is 4.77. The number of Topliss-reactive ketones (excluding diaryl/α,β-unsaturated/α-hetero) is 1. The fourth-order valence-electron chi connectivity index (χ4n) is 1.26. The molecule has 0 heterocycles. The second-order valence-electron chi connectivity index (χ2n) is 3.77. The van der Waals surface area contributed by atoms with Crippen LogP contribution in [0.15, 0.2) is 18.2 Å². The maximum absolute atomic E-state index is 9.89. The Morgan fingerprint density at radius 1 is 1.06 bits per heavy atom. The van der Waals surface area contributed by atoms with Crippen molar-refractivity contribution < 1.29 is 19.0 Å². The lowest BCUT2D eigenvalue weighted by molar-refractivity contribution is -0.110. The summed E-state index contributed by atoms with van der Waals surface area (Å²) in [4.78, 5) is 9.89. The molecule has 0 spiro atoms. The van der Waals surface area contributed by atoms with Crippen molar-refractivity contribution in [2.45, 2.75) is 13.3 Å². The highest BCUT2D eigenvalue weighted by Gasteiger charge is 2.28. The van der Waals surface area contributed by atoms with E-state index < -0.39 is 0 Å². The molecule has 4 heteroatoms. The van der Waals surface area contributed by atoms with Crippen molar-refractivity contribution in [1.29, 1.82) is 0 Å². The Bertz CT molecular complexity index is 365. The molecule has 1 aromatic rings. The van der Waals surface area contributed by atoms with Gasteiger partial charge in [0.1, 0.15) is 5.78 Å². The molecule has 0 aromatic heterocycles. The molecule has 1 saturated carbocycles. The fraction of sp³-hybridized carbons (Fsp3) is 0.462. The predicted octanol–water partition coefficient (Wildman–Crippen LogP) is 2.31. The molecule has 0 radical (unpaired) electrons. The minimum Gasteiger partial charge on any atom is -0.493 e. The van der Waals surface area contributed by atoms with Crippen LogP contribution in [0.2, 0.25) is 0 Å². The summed E-state index contributed by atoms with van der Waals surface area (Å²) in [5.41, 5.74) is 0. The normalized spacial score (nSPS) is 16.7. The quantitative estimate of drug-likeness (QED) is 0.810. The number of ketones is 1. The Morgan fingerprint density at radius 2 is 1.47 bits per heavy atom. The van der Waals surface area contributed by atoms with Crippen molar-refractivity contribution >= 4 is 5.78 Å². The third kappa shape index (κ3) is 3.66. The molecule has 0 aliphatic heterocycles. The molecule has 4 nitrogen and oxygen atoms in total. The largest absolute Gasteiger partial charge is 0.493 e. The first kappa shape index (κ1) is 13.4. The van der Waals surface area contributed by atoms with E-state index in [2.05, 4.69) is 0 Å². The van der Waals surface area contributed by atoms with Crippen LogP contribution in [-0.4, -0.2) is 27.1 Å². The van der Waals surface area contributed by atoms with Gasteiger partial charge in [0.15, 0.2) is 11.5 Å². The summed E-state index contributed by atoms with van der Waals surface area (Å²) >= 11 is 0. The second kappa shape index (κ2) is 6.13. The van der Waals surface area contributed by atoms with Crippen molar-refractivity contribution in [2.75, 3.05) is 21.3 Å². The van der Waals surface area contributed by atoms with Crippen molar-refractivity contribution in [3.63, 3.8) is 0 Å². The molecule has 2 rings (SSSR count). The van der Waals surface area contributed by atoms with Crippen molar-refractivity contribution in [3.05, 3.63) is 18.2 Å². The van der Waals surface area contributed by atoms with Gasteiger partial charge in [-0.2, -0.15) is 0 Å². The van der Waals surface area contributed by atoms with Crippen molar-refractivity contribution in [1.82, 2.24) is 0 Å². The SMILES string of the molecule is CC1CC1=O.COc1cccc(OC)c1OC. The Morgan fingerprint density at radius 3 is 1.71 bits per heavy atom. The van der Waals surface area contributed by atoms with Gasteiger partial charge in [-0.25, -0.2) is 0 Å². The zero-order valence-electron chi connectivity index (χ0n) is 10.6. The van der Waals surface area contributed by atoms with E-state index in [9.17, 15) is 4.79 Å².